The van der Waals surface area contributed by atoms with Crippen LogP contribution in [0.25, 0.3) is 0 Å². The summed E-state index contributed by atoms with van der Waals surface area (Å²) in [5.74, 6) is -0.130. The molecule has 2 aromatic carbocycles. The Morgan fingerprint density at radius 3 is 1.86 bits per heavy atom. The first kappa shape index (κ1) is 16.4. The summed E-state index contributed by atoms with van der Waals surface area (Å²) in [4.78, 5) is 0.0122. The molecule has 2 rings (SSSR count). The van der Waals surface area contributed by atoms with Crippen LogP contribution in [0.2, 0.25) is 0 Å². The maximum absolute atomic E-state index is 13.0. The van der Waals surface area contributed by atoms with Crippen molar-refractivity contribution in [2.24, 2.45) is 0 Å². The van der Waals surface area contributed by atoms with Gasteiger partial charge in [-0.3, -0.25) is 0 Å². The smallest absolute Gasteiger partial charge is 0.210 e. The van der Waals surface area contributed by atoms with Gasteiger partial charge in [-0.15, -0.1) is 0 Å². The number of aryl methyl sites for hydroxylation is 3. The molecule has 0 bridgehead atoms. The topological polar surface area (TPSA) is 74.6 Å². The molecule has 2 aromatic rings. The zero-order chi connectivity index (χ0) is 16.8. The van der Waals surface area contributed by atoms with Crippen LogP contribution in [-0.2, 0) is 9.84 Å². The molecule has 0 aliphatic carbocycles. The third-order valence-electron chi connectivity index (χ3n) is 4.00. The molecule has 0 radical (unpaired) electrons. The molecule has 0 aliphatic rings. The van der Waals surface area contributed by atoms with Gasteiger partial charge < -0.3 is 10.2 Å². The van der Waals surface area contributed by atoms with Gasteiger partial charge in [0.2, 0.25) is 9.84 Å². The summed E-state index contributed by atoms with van der Waals surface area (Å²) in [5, 5.41) is 20.1. The van der Waals surface area contributed by atoms with Crippen molar-refractivity contribution in [3.8, 4) is 11.5 Å². The highest BCUT2D eigenvalue weighted by Crippen LogP contribution is 2.37. The van der Waals surface area contributed by atoms with Gasteiger partial charge in [-0.05, 0) is 74.6 Å². The highest BCUT2D eigenvalue weighted by atomic mass is 32.2. The minimum atomic E-state index is -3.87. The monoisotopic (exact) mass is 320 g/mol. The first-order chi connectivity index (χ1) is 10.1. The quantitative estimate of drug-likeness (QED) is 0.888. The van der Waals surface area contributed by atoms with E-state index in [4.69, 9.17) is 0 Å². The van der Waals surface area contributed by atoms with Crippen molar-refractivity contribution in [3.05, 3.63) is 46.0 Å². The lowest BCUT2D eigenvalue weighted by Crippen LogP contribution is -2.07. The van der Waals surface area contributed by atoms with E-state index < -0.39 is 9.84 Å². The van der Waals surface area contributed by atoms with Gasteiger partial charge in [0, 0.05) is 0 Å². The Hall–Kier alpha value is -2.01. The molecule has 0 saturated carbocycles. The maximum Gasteiger partial charge on any atom is 0.210 e. The predicted octanol–water partition coefficient (Wildman–Crippen LogP) is 3.47. The lowest BCUT2D eigenvalue weighted by atomic mass is 10.1. The van der Waals surface area contributed by atoms with Gasteiger partial charge in [-0.2, -0.15) is 0 Å². The highest BCUT2D eigenvalue weighted by Gasteiger charge is 2.26. The fraction of sp³-hybridized carbons (Fsp3) is 0.294. The van der Waals surface area contributed by atoms with E-state index >= 15 is 0 Å². The van der Waals surface area contributed by atoms with Gasteiger partial charge in [-0.1, -0.05) is 6.07 Å². The van der Waals surface area contributed by atoms with E-state index in [1.807, 2.05) is 0 Å². The van der Waals surface area contributed by atoms with E-state index in [2.05, 4.69) is 0 Å². The molecule has 0 aromatic heterocycles. The molecule has 0 unspecified atom stereocenters. The molecule has 2 N–H and O–H groups in total. The zero-order valence-electron chi connectivity index (χ0n) is 13.4. The summed E-state index contributed by atoms with van der Waals surface area (Å²) in [7, 11) is -3.87. The van der Waals surface area contributed by atoms with E-state index in [-0.39, 0.29) is 21.3 Å². The predicted molar refractivity (Wildman–Crippen MR) is 85.4 cm³/mol. The van der Waals surface area contributed by atoms with Crippen LogP contribution in [0.1, 0.15) is 27.8 Å². The van der Waals surface area contributed by atoms with E-state index in [1.165, 1.54) is 12.1 Å². The van der Waals surface area contributed by atoms with Crippen LogP contribution in [0.3, 0.4) is 0 Å². The molecule has 0 atom stereocenters. The molecular formula is C17H20O4S. The SMILES string of the molecule is Cc1cc(C)c(O)c(S(=O)(=O)c2cc(C)c(O)c(C)c2C)c1. The summed E-state index contributed by atoms with van der Waals surface area (Å²) < 4.78 is 25.9. The Morgan fingerprint density at radius 2 is 1.27 bits per heavy atom. The second-order valence-electron chi connectivity index (χ2n) is 5.72. The zero-order valence-corrected chi connectivity index (χ0v) is 14.2. The summed E-state index contributed by atoms with van der Waals surface area (Å²) in [6, 6.07) is 4.65. The second-order valence-corrected chi connectivity index (χ2v) is 7.61. The van der Waals surface area contributed by atoms with Crippen LogP contribution in [0.4, 0.5) is 0 Å². The van der Waals surface area contributed by atoms with Crippen LogP contribution in [0.15, 0.2) is 28.0 Å². The van der Waals surface area contributed by atoms with Crippen LogP contribution in [-0.4, -0.2) is 18.6 Å². The first-order valence-electron chi connectivity index (χ1n) is 6.92. The van der Waals surface area contributed by atoms with Crippen molar-refractivity contribution < 1.29 is 18.6 Å². The fourth-order valence-corrected chi connectivity index (χ4v) is 4.44. The minimum Gasteiger partial charge on any atom is -0.507 e. The Morgan fingerprint density at radius 1 is 0.727 bits per heavy atom. The number of hydrogen-bond donors (Lipinski definition) is 2. The Labute approximate surface area is 131 Å². The largest absolute Gasteiger partial charge is 0.507 e. The maximum atomic E-state index is 13.0. The van der Waals surface area contributed by atoms with Crippen LogP contribution in [0, 0.1) is 34.6 Å². The number of benzene rings is 2. The van der Waals surface area contributed by atoms with E-state index in [0.717, 1.165) is 5.56 Å². The van der Waals surface area contributed by atoms with Gasteiger partial charge in [0.1, 0.15) is 16.4 Å². The molecule has 0 aliphatic heterocycles. The third-order valence-corrected chi connectivity index (χ3v) is 5.89. The van der Waals surface area contributed by atoms with Gasteiger partial charge in [0.05, 0.1) is 4.90 Å². The van der Waals surface area contributed by atoms with Gasteiger partial charge in [-0.25, -0.2) is 8.42 Å². The number of sulfone groups is 1. The van der Waals surface area contributed by atoms with Crippen molar-refractivity contribution in [1.29, 1.82) is 0 Å². The summed E-state index contributed by atoms with van der Waals surface area (Å²) in [6.45, 7) is 8.44. The Balaban J connectivity index is 2.83. The van der Waals surface area contributed by atoms with Crippen LogP contribution in [0.5, 0.6) is 11.5 Å². The molecule has 0 heterocycles. The molecule has 118 valence electrons. The molecule has 4 nitrogen and oxygen atoms in total. The van der Waals surface area contributed by atoms with E-state index in [9.17, 15) is 18.6 Å². The molecule has 0 amide bonds. The number of phenolic OH excluding ortho intramolecular Hbond substituents is 2. The second kappa shape index (κ2) is 5.32. The Kier molecular flexibility index (Phi) is 3.96. The minimum absolute atomic E-state index is 0.0982. The van der Waals surface area contributed by atoms with Crippen molar-refractivity contribution in [1.82, 2.24) is 0 Å². The van der Waals surface area contributed by atoms with Crippen molar-refractivity contribution in [3.63, 3.8) is 0 Å². The lowest BCUT2D eigenvalue weighted by molar-refractivity contribution is 0.454. The number of rotatable bonds is 2. The summed E-state index contributed by atoms with van der Waals surface area (Å²) in [5.41, 5.74) is 2.79. The molecule has 0 fully saturated rings. The van der Waals surface area contributed by atoms with E-state index in [1.54, 1.807) is 40.7 Å². The fourth-order valence-electron chi connectivity index (χ4n) is 2.55. The molecule has 5 heteroatoms. The van der Waals surface area contributed by atoms with Crippen LogP contribution < -0.4 is 0 Å². The highest BCUT2D eigenvalue weighted by molar-refractivity contribution is 7.91. The average molecular weight is 320 g/mol. The van der Waals surface area contributed by atoms with Crippen molar-refractivity contribution in [2.75, 3.05) is 0 Å². The average Bonchev–Trinajstić information content (AvgIpc) is 2.44. The van der Waals surface area contributed by atoms with E-state index in [0.29, 0.717) is 22.3 Å². The first-order valence-corrected chi connectivity index (χ1v) is 8.40. The van der Waals surface area contributed by atoms with Gasteiger partial charge >= 0.3 is 0 Å². The molecule has 0 spiro atoms. The number of hydrogen-bond acceptors (Lipinski definition) is 4. The standard InChI is InChI=1S/C17H20O4S/c1-9-6-10(2)17(19)15(7-9)22(20,21)14-8-11(3)16(18)13(5)12(14)4/h6-8,18-19H,1-5H3. The number of phenols is 2. The molecule has 22 heavy (non-hydrogen) atoms. The third kappa shape index (κ3) is 2.46. The molecular weight excluding hydrogens is 300 g/mol. The normalized spacial score (nSPS) is 11.7. The number of aromatic hydroxyl groups is 2. The summed E-state index contributed by atoms with van der Waals surface area (Å²) in [6.07, 6.45) is 0. The van der Waals surface area contributed by atoms with Crippen LogP contribution >= 0.6 is 0 Å². The van der Waals surface area contributed by atoms with Gasteiger partial charge in [0.25, 0.3) is 0 Å². The van der Waals surface area contributed by atoms with Crippen molar-refractivity contribution >= 4 is 9.84 Å². The van der Waals surface area contributed by atoms with Crippen molar-refractivity contribution in [2.45, 2.75) is 44.4 Å². The van der Waals surface area contributed by atoms with Gasteiger partial charge in [0.15, 0.2) is 0 Å². The Bertz CT molecular complexity index is 865. The molecule has 0 saturated heterocycles. The lowest BCUT2D eigenvalue weighted by Gasteiger charge is -2.15. The summed E-state index contributed by atoms with van der Waals surface area (Å²) >= 11 is 0.